The fourth-order valence-electron chi connectivity index (χ4n) is 2.81. The number of carbonyl (C=O) groups excluding carboxylic acids is 3. The molecule has 0 unspecified atom stereocenters. The quantitative estimate of drug-likeness (QED) is 0.439. The molecular weight excluding hydrogens is 340 g/mol. The highest BCUT2D eigenvalue weighted by atomic mass is 32.2. The maximum Gasteiger partial charge on any atom is 0.339 e. The normalized spacial score (nSPS) is 15.2. The van der Waals surface area contributed by atoms with E-state index in [2.05, 4.69) is 5.32 Å². The minimum atomic E-state index is -0.580. The molecule has 7 heteroatoms. The number of esters is 1. The molecule has 0 atom stereocenters. The first-order valence-electron chi connectivity index (χ1n) is 8.53. The Morgan fingerprint density at radius 1 is 1.12 bits per heavy atom. The highest BCUT2D eigenvalue weighted by Crippen LogP contribution is 2.23. The fraction of sp³-hybridized carbons (Fsp3) is 0.500. The largest absolute Gasteiger partial charge is 0.452 e. The molecule has 6 nitrogen and oxygen atoms in total. The average Bonchev–Trinajstić information content (AvgIpc) is 2.86. The standard InChI is InChI=1S/C18H24N2O4S/c19-16(21)12-25-15-10-6-5-9-14(15)18(23)24-11-17(22)20-13-7-3-1-2-4-8-13/h5-6,9-10,13H,1-4,7-8,11-12H2,(H2,19,21)(H,20,22). The molecule has 25 heavy (non-hydrogen) atoms. The van der Waals surface area contributed by atoms with Gasteiger partial charge in [-0.25, -0.2) is 4.79 Å². The van der Waals surface area contributed by atoms with Crippen molar-refractivity contribution in [3.8, 4) is 0 Å². The van der Waals surface area contributed by atoms with Crippen LogP contribution in [0.25, 0.3) is 0 Å². The molecule has 0 heterocycles. The Hall–Kier alpha value is -2.02. The van der Waals surface area contributed by atoms with Crippen molar-refractivity contribution < 1.29 is 19.1 Å². The van der Waals surface area contributed by atoms with E-state index in [1.54, 1.807) is 24.3 Å². The Kier molecular flexibility index (Phi) is 7.78. The Balaban J connectivity index is 1.85. The number of nitrogens with one attached hydrogen (secondary N) is 1. The lowest BCUT2D eigenvalue weighted by atomic mass is 10.1. The first-order valence-corrected chi connectivity index (χ1v) is 9.51. The second-order valence-electron chi connectivity index (χ2n) is 6.08. The number of ether oxygens (including phenoxy) is 1. The number of amides is 2. The van der Waals surface area contributed by atoms with Crippen molar-refractivity contribution in [2.24, 2.45) is 5.73 Å². The van der Waals surface area contributed by atoms with Gasteiger partial charge in [-0.3, -0.25) is 9.59 Å². The zero-order valence-electron chi connectivity index (χ0n) is 14.2. The third-order valence-corrected chi connectivity index (χ3v) is 5.13. The molecule has 3 N–H and O–H groups in total. The number of hydrogen-bond acceptors (Lipinski definition) is 5. The SMILES string of the molecule is NC(=O)CSc1ccccc1C(=O)OCC(=O)NC1CCCCCC1. The molecule has 1 aromatic carbocycles. The third-order valence-electron chi connectivity index (χ3n) is 4.03. The van der Waals surface area contributed by atoms with E-state index in [1.165, 1.54) is 24.6 Å². The fourth-order valence-corrected chi connectivity index (χ4v) is 3.59. The van der Waals surface area contributed by atoms with E-state index in [-0.39, 0.29) is 24.3 Å². The summed E-state index contributed by atoms with van der Waals surface area (Å²) in [6, 6.07) is 6.96. The summed E-state index contributed by atoms with van der Waals surface area (Å²) >= 11 is 1.17. The molecule has 0 spiro atoms. The van der Waals surface area contributed by atoms with Gasteiger partial charge < -0.3 is 15.8 Å². The van der Waals surface area contributed by atoms with Crippen LogP contribution in [-0.4, -0.2) is 36.2 Å². The molecule has 136 valence electrons. The van der Waals surface area contributed by atoms with Gasteiger partial charge in [-0.15, -0.1) is 11.8 Å². The molecular formula is C18H24N2O4S. The summed E-state index contributed by atoms with van der Waals surface area (Å²) in [4.78, 5) is 35.8. The summed E-state index contributed by atoms with van der Waals surface area (Å²) in [7, 11) is 0. The van der Waals surface area contributed by atoms with Gasteiger partial charge in [0.25, 0.3) is 5.91 Å². The molecule has 1 fully saturated rings. The number of thioether (sulfide) groups is 1. The highest BCUT2D eigenvalue weighted by molar-refractivity contribution is 8.00. The van der Waals surface area contributed by atoms with Crippen LogP contribution in [0.4, 0.5) is 0 Å². The lowest BCUT2D eigenvalue weighted by molar-refractivity contribution is -0.125. The van der Waals surface area contributed by atoms with Crippen LogP contribution >= 0.6 is 11.8 Å². The van der Waals surface area contributed by atoms with Crippen molar-refractivity contribution in [2.45, 2.75) is 49.5 Å². The highest BCUT2D eigenvalue weighted by Gasteiger charge is 2.18. The van der Waals surface area contributed by atoms with Crippen molar-refractivity contribution in [1.82, 2.24) is 5.32 Å². The zero-order valence-corrected chi connectivity index (χ0v) is 15.0. The first-order chi connectivity index (χ1) is 12.1. The van der Waals surface area contributed by atoms with Crippen LogP contribution in [0.5, 0.6) is 0 Å². The molecule has 2 amide bonds. The minimum absolute atomic E-state index is 0.0759. The zero-order chi connectivity index (χ0) is 18.1. The topological polar surface area (TPSA) is 98.5 Å². The minimum Gasteiger partial charge on any atom is -0.452 e. The number of benzene rings is 1. The van der Waals surface area contributed by atoms with Crippen molar-refractivity contribution >= 4 is 29.5 Å². The Bertz CT molecular complexity index is 613. The molecule has 0 bridgehead atoms. The Morgan fingerprint density at radius 2 is 1.80 bits per heavy atom. The number of carbonyl (C=O) groups is 3. The van der Waals surface area contributed by atoms with Gasteiger partial charge in [0.15, 0.2) is 6.61 Å². The summed E-state index contributed by atoms with van der Waals surface area (Å²) in [5.74, 6) is -1.24. The van der Waals surface area contributed by atoms with Gasteiger partial charge in [-0.05, 0) is 25.0 Å². The Labute approximate surface area is 151 Å². The second-order valence-corrected chi connectivity index (χ2v) is 7.10. The van der Waals surface area contributed by atoms with Gasteiger partial charge in [0.05, 0.1) is 11.3 Å². The van der Waals surface area contributed by atoms with Crippen LogP contribution < -0.4 is 11.1 Å². The lowest BCUT2D eigenvalue weighted by Gasteiger charge is -2.16. The smallest absolute Gasteiger partial charge is 0.339 e. The van der Waals surface area contributed by atoms with Gasteiger partial charge in [0, 0.05) is 10.9 Å². The van der Waals surface area contributed by atoms with Crippen molar-refractivity contribution in [3.63, 3.8) is 0 Å². The second kappa shape index (κ2) is 10.1. The molecule has 0 aromatic heterocycles. The summed E-state index contributed by atoms with van der Waals surface area (Å²) in [5, 5.41) is 2.94. The maximum absolute atomic E-state index is 12.2. The number of rotatable bonds is 7. The lowest BCUT2D eigenvalue weighted by Crippen LogP contribution is -2.37. The number of primary amides is 1. The monoisotopic (exact) mass is 364 g/mol. The van der Waals surface area contributed by atoms with Crippen LogP contribution in [0.15, 0.2) is 29.2 Å². The molecule has 2 rings (SSSR count). The van der Waals surface area contributed by atoms with E-state index in [0.29, 0.717) is 10.5 Å². The molecule has 0 radical (unpaired) electrons. The van der Waals surface area contributed by atoms with E-state index >= 15 is 0 Å². The summed E-state index contributed by atoms with van der Waals surface area (Å²) < 4.78 is 5.13. The van der Waals surface area contributed by atoms with Crippen LogP contribution in [0.2, 0.25) is 0 Å². The Morgan fingerprint density at radius 3 is 2.48 bits per heavy atom. The van der Waals surface area contributed by atoms with Gasteiger partial charge >= 0.3 is 5.97 Å². The van der Waals surface area contributed by atoms with Crippen molar-refractivity contribution in [2.75, 3.05) is 12.4 Å². The van der Waals surface area contributed by atoms with Crippen molar-refractivity contribution in [3.05, 3.63) is 29.8 Å². The molecule has 1 aliphatic rings. The van der Waals surface area contributed by atoms with Crippen LogP contribution in [-0.2, 0) is 14.3 Å². The van der Waals surface area contributed by atoms with Crippen LogP contribution in [0, 0.1) is 0 Å². The van der Waals surface area contributed by atoms with Crippen LogP contribution in [0.3, 0.4) is 0 Å². The van der Waals surface area contributed by atoms with E-state index < -0.39 is 11.9 Å². The molecule has 0 saturated heterocycles. The van der Waals surface area contributed by atoms with E-state index in [0.717, 1.165) is 25.7 Å². The number of hydrogen-bond donors (Lipinski definition) is 2. The summed E-state index contributed by atoms with van der Waals surface area (Å²) in [5.41, 5.74) is 5.47. The average molecular weight is 364 g/mol. The number of nitrogens with two attached hydrogens (primary N) is 1. The van der Waals surface area contributed by atoms with E-state index in [1.807, 2.05) is 0 Å². The van der Waals surface area contributed by atoms with Gasteiger partial charge in [-0.2, -0.15) is 0 Å². The van der Waals surface area contributed by atoms with Crippen molar-refractivity contribution in [1.29, 1.82) is 0 Å². The van der Waals surface area contributed by atoms with E-state index in [4.69, 9.17) is 10.5 Å². The molecule has 1 aromatic rings. The van der Waals surface area contributed by atoms with Gasteiger partial charge in [0.1, 0.15) is 0 Å². The van der Waals surface area contributed by atoms with Gasteiger partial charge in [-0.1, -0.05) is 37.8 Å². The molecule has 0 aliphatic heterocycles. The van der Waals surface area contributed by atoms with Gasteiger partial charge in [0.2, 0.25) is 5.91 Å². The molecule has 1 saturated carbocycles. The molecule has 1 aliphatic carbocycles. The predicted molar refractivity (Wildman–Crippen MR) is 96.3 cm³/mol. The first kappa shape index (κ1) is 19.3. The summed E-state index contributed by atoms with van der Waals surface area (Å²) in [6.45, 7) is -0.301. The van der Waals surface area contributed by atoms with E-state index in [9.17, 15) is 14.4 Å². The maximum atomic E-state index is 12.2. The predicted octanol–water partition coefficient (Wildman–Crippen LogP) is 2.26. The van der Waals surface area contributed by atoms with Crippen LogP contribution in [0.1, 0.15) is 48.9 Å². The summed E-state index contributed by atoms with van der Waals surface area (Å²) in [6.07, 6.45) is 6.62. The third kappa shape index (κ3) is 6.78.